The molecule has 0 aromatic heterocycles. The van der Waals surface area contributed by atoms with Gasteiger partial charge in [-0.2, -0.15) is 0 Å². The highest BCUT2D eigenvalue weighted by Crippen LogP contribution is 2.59. The van der Waals surface area contributed by atoms with Crippen molar-refractivity contribution in [3.63, 3.8) is 0 Å². The third-order valence-corrected chi connectivity index (χ3v) is 7.36. The molecule has 29 heavy (non-hydrogen) atoms. The molecule has 6 heteroatoms. The van der Waals surface area contributed by atoms with Crippen molar-refractivity contribution >= 4 is 17.5 Å². The van der Waals surface area contributed by atoms with E-state index in [1.807, 2.05) is 0 Å². The first-order chi connectivity index (χ1) is 14.1. The fraction of sp³-hybridized carbons (Fsp3) is 0.696. The second kappa shape index (κ2) is 9.23. The average Bonchev–Trinajstić information content (AvgIpc) is 2.69. The van der Waals surface area contributed by atoms with Crippen LogP contribution in [0.4, 0.5) is 0 Å². The lowest BCUT2D eigenvalue weighted by atomic mass is 9.49. The van der Waals surface area contributed by atoms with Crippen molar-refractivity contribution in [2.45, 2.75) is 44.9 Å². The highest BCUT2D eigenvalue weighted by molar-refractivity contribution is 6.33. The molecule has 0 radical (unpaired) electrons. The third-order valence-electron chi connectivity index (χ3n) is 7.03. The SMILES string of the molecule is O=C(NCC12CC3CC(CC(C3)C1)C2)c1cc(OCCNCCCO)ccc1Cl. The Morgan fingerprint density at radius 2 is 1.83 bits per heavy atom. The lowest BCUT2D eigenvalue weighted by molar-refractivity contribution is -0.0503. The molecule has 160 valence electrons. The Bertz CT molecular complexity index is 689. The van der Waals surface area contributed by atoms with Gasteiger partial charge in [0.05, 0.1) is 10.6 Å². The van der Waals surface area contributed by atoms with E-state index in [-0.39, 0.29) is 12.5 Å². The number of aliphatic hydroxyl groups excluding tert-OH is 1. The van der Waals surface area contributed by atoms with Gasteiger partial charge in [0, 0.05) is 19.7 Å². The molecule has 4 aliphatic carbocycles. The number of carbonyl (C=O) groups excluding carboxylic acids is 1. The first-order valence-corrected chi connectivity index (χ1v) is 11.5. The maximum Gasteiger partial charge on any atom is 0.252 e. The van der Waals surface area contributed by atoms with Gasteiger partial charge in [-0.15, -0.1) is 0 Å². The van der Waals surface area contributed by atoms with Gasteiger partial charge in [-0.25, -0.2) is 0 Å². The molecule has 4 bridgehead atoms. The Labute approximate surface area is 178 Å². The molecule has 4 fully saturated rings. The van der Waals surface area contributed by atoms with E-state index in [1.165, 1.54) is 38.5 Å². The summed E-state index contributed by atoms with van der Waals surface area (Å²) >= 11 is 6.31. The van der Waals surface area contributed by atoms with E-state index in [4.69, 9.17) is 21.4 Å². The van der Waals surface area contributed by atoms with E-state index in [9.17, 15) is 4.79 Å². The van der Waals surface area contributed by atoms with Gasteiger partial charge >= 0.3 is 0 Å². The van der Waals surface area contributed by atoms with Gasteiger partial charge in [0.1, 0.15) is 12.4 Å². The number of ether oxygens (including phenoxy) is 1. The maximum atomic E-state index is 12.9. The number of benzene rings is 1. The zero-order chi connectivity index (χ0) is 20.3. The van der Waals surface area contributed by atoms with E-state index >= 15 is 0 Å². The number of hydrogen-bond acceptors (Lipinski definition) is 4. The number of amides is 1. The molecule has 0 heterocycles. The second-order valence-corrected chi connectivity index (χ2v) is 9.82. The van der Waals surface area contributed by atoms with Crippen LogP contribution in [0.1, 0.15) is 55.3 Å². The summed E-state index contributed by atoms with van der Waals surface area (Å²) < 4.78 is 5.75. The summed E-state index contributed by atoms with van der Waals surface area (Å²) in [5, 5.41) is 15.6. The molecular formula is C23H33ClN2O3. The summed E-state index contributed by atoms with van der Waals surface area (Å²) in [5.74, 6) is 3.19. The molecule has 4 aliphatic rings. The van der Waals surface area contributed by atoms with Crippen molar-refractivity contribution in [2.75, 3.05) is 32.8 Å². The largest absolute Gasteiger partial charge is 0.492 e. The summed E-state index contributed by atoms with van der Waals surface area (Å²) in [5.41, 5.74) is 0.799. The number of carbonyl (C=O) groups is 1. The van der Waals surface area contributed by atoms with Gasteiger partial charge in [-0.3, -0.25) is 4.79 Å². The van der Waals surface area contributed by atoms with Gasteiger partial charge in [-0.05, 0) is 92.9 Å². The number of rotatable bonds is 10. The molecule has 0 atom stereocenters. The topological polar surface area (TPSA) is 70.6 Å². The molecule has 3 N–H and O–H groups in total. The van der Waals surface area contributed by atoms with Crippen LogP contribution in [0.25, 0.3) is 0 Å². The van der Waals surface area contributed by atoms with Crippen molar-refractivity contribution in [3.8, 4) is 5.75 Å². The summed E-state index contributed by atoms with van der Waals surface area (Å²) in [6.45, 7) is 2.91. The van der Waals surface area contributed by atoms with Crippen LogP contribution in [0, 0.1) is 23.2 Å². The first kappa shape index (κ1) is 21.0. The van der Waals surface area contributed by atoms with Gasteiger partial charge in [0.15, 0.2) is 0 Å². The number of hydrogen-bond donors (Lipinski definition) is 3. The third kappa shape index (κ3) is 5.07. The highest BCUT2D eigenvalue weighted by atomic mass is 35.5. The molecule has 1 aromatic carbocycles. The van der Waals surface area contributed by atoms with Crippen molar-refractivity contribution in [1.29, 1.82) is 0 Å². The van der Waals surface area contributed by atoms with Crippen molar-refractivity contribution in [1.82, 2.24) is 10.6 Å². The Morgan fingerprint density at radius 1 is 1.14 bits per heavy atom. The zero-order valence-electron chi connectivity index (χ0n) is 17.1. The van der Waals surface area contributed by atoms with E-state index in [0.29, 0.717) is 34.9 Å². The number of nitrogens with one attached hydrogen (secondary N) is 2. The number of halogens is 1. The van der Waals surface area contributed by atoms with Crippen LogP contribution in [-0.2, 0) is 0 Å². The zero-order valence-corrected chi connectivity index (χ0v) is 17.8. The van der Waals surface area contributed by atoms with E-state index in [2.05, 4.69) is 10.6 Å². The molecule has 1 aromatic rings. The molecule has 5 nitrogen and oxygen atoms in total. The monoisotopic (exact) mass is 420 g/mol. The first-order valence-electron chi connectivity index (χ1n) is 11.1. The van der Waals surface area contributed by atoms with Crippen LogP contribution in [-0.4, -0.2) is 43.9 Å². The predicted octanol–water partition coefficient (Wildman–Crippen LogP) is 3.64. The van der Waals surface area contributed by atoms with Crippen LogP contribution in [0.2, 0.25) is 5.02 Å². The molecule has 0 unspecified atom stereocenters. The van der Waals surface area contributed by atoms with E-state index < -0.39 is 0 Å². The van der Waals surface area contributed by atoms with Crippen molar-refractivity contribution in [2.24, 2.45) is 23.2 Å². The summed E-state index contributed by atoms with van der Waals surface area (Å²) in [6, 6.07) is 5.27. The summed E-state index contributed by atoms with van der Waals surface area (Å²) in [4.78, 5) is 12.9. The Hall–Kier alpha value is -1.30. The van der Waals surface area contributed by atoms with E-state index in [0.717, 1.165) is 37.3 Å². The number of aliphatic hydroxyl groups is 1. The van der Waals surface area contributed by atoms with Crippen LogP contribution in [0.15, 0.2) is 18.2 Å². The van der Waals surface area contributed by atoms with E-state index in [1.54, 1.807) is 18.2 Å². The molecule has 0 aliphatic heterocycles. The quantitative estimate of drug-likeness (QED) is 0.505. The summed E-state index contributed by atoms with van der Waals surface area (Å²) in [6.07, 6.45) is 8.79. The van der Waals surface area contributed by atoms with Gasteiger partial charge in [0.2, 0.25) is 0 Å². The van der Waals surface area contributed by atoms with Gasteiger partial charge < -0.3 is 20.5 Å². The lowest BCUT2D eigenvalue weighted by Gasteiger charge is -2.56. The minimum Gasteiger partial charge on any atom is -0.492 e. The molecule has 0 spiro atoms. The average molecular weight is 421 g/mol. The van der Waals surface area contributed by atoms with Gasteiger partial charge in [0.25, 0.3) is 5.91 Å². The Kier molecular flexibility index (Phi) is 6.67. The fourth-order valence-electron chi connectivity index (χ4n) is 6.21. The Morgan fingerprint density at radius 3 is 2.48 bits per heavy atom. The molecule has 1 amide bonds. The minimum absolute atomic E-state index is 0.0998. The van der Waals surface area contributed by atoms with Gasteiger partial charge in [-0.1, -0.05) is 11.6 Å². The van der Waals surface area contributed by atoms with Crippen molar-refractivity contribution in [3.05, 3.63) is 28.8 Å². The molecule has 0 saturated heterocycles. The molecular weight excluding hydrogens is 388 g/mol. The standard InChI is InChI=1S/C23H33ClN2O3/c24-21-3-2-19(29-7-5-25-4-1-6-27)11-20(21)22(28)26-15-23-12-16-8-17(13-23)10-18(9-16)14-23/h2-3,11,16-18,25,27H,1,4-10,12-15H2,(H,26,28). The van der Waals surface area contributed by atoms with Crippen LogP contribution < -0.4 is 15.4 Å². The Balaban J connectivity index is 1.30. The van der Waals surface area contributed by atoms with Crippen LogP contribution in [0.3, 0.4) is 0 Å². The molecule has 4 saturated carbocycles. The molecule has 5 rings (SSSR count). The van der Waals surface area contributed by atoms with Crippen LogP contribution >= 0.6 is 11.6 Å². The lowest BCUT2D eigenvalue weighted by Crippen LogP contribution is -2.51. The normalized spacial score (nSPS) is 29.8. The smallest absolute Gasteiger partial charge is 0.252 e. The highest BCUT2D eigenvalue weighted by Gasteiger charge is 2.50. The fourth-order valence-corrected chi connectivity index (χ4v) is 6.41. The maximum absolute atomic E-state index is 12.9. The predicted molar refractivity (Wildman–Crippen MR) is 114 cm³/mol. The van der Waals surface area contributed by atoms with Crippen LogP contribution in [0.5, 0.6) is 5.75 Å². The minimum atomic E-state index is -0.0998. The second-order valence-electron chi connectivity index (χ2n) is 9.42. The van der Waals surface area contributed by atoms with Crippen molar-refractivity contribution < 1.29 is 14.6 Å². The summed E-state index contributed by atoms with van der Waals surface area (Å²) in [7, 11) is 0.